The Morgan fingerprint density at radius 2 is 1.86 bits per heavy atom. The molecule has 0 radical (unpaired) electrons. The highest BCUT2D eigenvalue weighted by molar-refractivity contribution is 8.13. The molecule has 8 heteroatoms. The summed E-state index contributed by atoms with van der Waals surface area (Å²) in [5.41, 5.74) is 0. The number of carbonyl (C=O) groups is 4. The van der Waals surface area contributed by atoms with E-state index in [1.165, 1.54) is 11.8 Å². The molecule has 1 rings (SSSR count). The fourth-order valence-electron chi connectivity index (χ4n) is 2.43. The summed E-state index contributed by atoms with van der Waals surface area (Å²) in [5.74, 6) is -2.86. The van der Waals surface area contributed by atoms with Crippen LogP contribution in [-0.4, -0.2) is 55.9 Å². The van der Waals surface area contributed by atoms with E-state index in [4.69, 9.17) is 5.11 Å². The Hall–Kier alpha value is -1.57. The summed E-state index contributed by atoms with van der Waals surface area (Å²) < 4.78 is 0. The maximum absolute atomic E-state index is 12.4. The monoisotopic (exact) mass is 317 g/mol. The van der Waals surface area contributed by atoms with Gasteiger partial charge in [-0.3, -0.25) is 14.4 Å². The minimum absolute atomic E-state index is 0.118. The molecule has 21 heavy (non-hydrogen) atoms. The van der Waals surface area contributed by atoms with Crippen LogP contribution < -0.4 is 0 Å². The Balaban J connectivity index is 2.84. The van der Waals surface area contributed by atoms with E-state index >= 15 is 0 Å². The molecule has 1 aliphatic heterocycles. The van der Waals surface area contributed by atoms with Crippen molar-refractivity contribution >= 4 is 34.7 Å². The molecule has 1 amide bonds. The molecular formula is C13H19NO6S. The van der Waals surface area contributed by atoms with Gasteiger partial charge in [-0.2, -0.15) is 0 Å². The highest BCUT2D eigenvalue weighted by atomic mass is 32.2. The van der Waals surface area contributed by atoms with Crippen LogP contribution in [0.5, 0.6) is 0 Å². The first-order valence-corrected chi connectivity index (χ1v) is 7.62. The van der Waals surface area contributed by atoms with Crippen LogP contribution in [0.25, 0.3) is 0 Å². The van der Waals surface area contributed by atoms with E-state index in [1.807, 2.05) is 0 Å². The first-order valence-electron chi connectivity index (χ1n) is 6.64. The quantitative estimate of drug-likeness (QED) is 0.746. The van der Waals surface area contributed by atoms with E-state index in [2.05, 4.69) is 0 Å². The van der Waals surface area contributed by atoms with Crippen LogP contribution in [0, 0.1) is 5.92 Å². The largest absolute Gasteiger partial charge is 0.481 e. The van der Waals surface area contributed by atoms with Crippen LogP contribution in [0.1, 0.15) is 33.1 Å². The van der Waals surface area contributed by atoms with Crippen molar-refractivity contribution in [3.63, 3.8) is 0 Å². The zero-order chi connectivity index (χ0) is 16.2. The van der Waals surface area contributed by atoms with Crippen LogP contribution in [0.3, 0.4) is 0 Å². The topological polar surface area (TPSA) is 112 Å². The molecule has 0 aromatic carbocycles. The lowest BCUT2D eigenvalue weighted by atomic mass is 10.1. The number of carboxylic acids is 2. The lowest BCUT2D eigenvalue weighted by molar-refractivity contribution is -0.152. The number of carbonyl (C=O) groups excluding carboxylic acids is 2. The molecule has 1 saturated heterocycles. The molecule has 7 nitrogen and oxygen atoms in total. The molecule has 0 aromatic heterocycles. The molecule has 0 spiro atoms. The third kappa shape index (κ3) is 4.73. The summed E-state index contributed by atoms with van der Waals surface area (Å²) in [5, 5.41) is 17.9. The molecule has 2 N–H and O–H groups in total. The average Bonchev–Trinajstić information content (AvgIpc) is 2.77. The summed E-state index contributed by atoms with van der Waals surface area (Å²) in [6, 6.07) is -1.58. The van der Waals surface area contributed by atoms with Gasteiger partial charge in [-0.15, -0.1) is 0 Å². The summed E-state index contributed by atoms with van der Waals surface area (Å²) in [7, 11) is 0. The summed E-state index contributed by atoms with van der Waals surface area (Å²) in [6.07, 6.45) is 0.356. The predicted molar refractivity (Wildman–Crippen MR) is 75.8 cm³/mol. The van der Waals surface area contributed by atoms with Gasteiger partial charge >= 0.3 is 11.9 Å². The van der Waals surface area contributed by atoms with Gasteiger partial charge in [0.1, 0.15) is 6.04 Å². The maximum Gasteiger partial charge on any atom is 0.326 e. The van der Waals surface area contributed by atoms with Gasteiger partial charge in [0.2, 0.25) is 5.91 Å². The second kappa shape index (κ2) is 7.44. The molecule has 0 unspecified atom stereocenters. The number of rotatable bonds is 6. The standard InChI is InChI=1S/C13H19NO6S/c1-7(6-21-8(2)15)12(18)14-9(5-11(16)17)3-4-10(14)13(19)20/h7,9-10H,3-6H2,1-2H3,(H,16,17)(H,19,20)/t7-,9-,10+/m1/s1. The summed E-state index contributed by atoms with van der Waals surface area (Å²) in [6.45, 7) is 3.01. The number of aliphatic carboxylic acids is 2. The smallest absolute Gasteiger partial charge is 0.326 e. The van der Waals surface area contributed by atoms with E-state index in [9.17, 15) is 24.3 Å². The number of nitrogens with zero attached hydrogens (tertiary/aromatic N) is 1. The molecule has 1 fully saturated rings. The fourth-order valence-corrected chi connectivity index (χ4v) is 3.06. The number of carboxylic acid groups (broad SMARTS) is 2. The Kier molecular flexibility index (Phi) is 6.19. The van der Waals surface area contributed by atoms with Crippen LogP contribution in [0.2, 0.25) is 0 Å². The maximum atomic E-state index is 12.4. The minimum Gasteiger partial charge on any atom is -0.481 e. The van der Waals surface area contributed by atoms with E-state index in [-0.39, 0.29) is 23.7 Å². The minimum atomic E-state index is -1.12. The zero-order valence-electron chi connectivity index (χ0n) is 11.9. The van der Waals surface area contributed by atoms with Gasteiger partial charge in [-0.25, -0.2) is 4.79 Å². The third-order valence-electron chi connectivity index (χ3n) is 3.41. The fraction of sp³-hybridized carbons (Fsp3) is 0.692. The van der Waals surface area contributed by atoms with Gasteiger partial charge < -0.3 is 15.1 Å². The lowest BCUT2D eigenvalue weighted by Crippen LogP contribution is -2.48. The van der Waals surface area contributed by atoms with Crippen molar-refractivity contribution in [2.45, 2.75) is 45.2 Å². The molecule has 1 aliphatic rings. The molecule has 3 atom stereocenters. The van der Waals surface area contributed by atoms with E-state index in [1.54, 1.807) is 6.92 Å². The van der Waals surface area contributed by atoms with Gasteiger partial charge in [-0.1, -0.05) is 18.7 Å². The third-order valence-corrected chi connectivity index (χ3v) is 4.48. The van der Waals surface area contributed by atoms with Crippen molar-refractivity contribution in [1.82, 2.24) is 4.90 Å². The van der Waals surface area contributed by atoms with Crippen LogP contribution in [-0.2, 0) is 19.2 Å². The molecule has 0 aromatic rings. The molecule has 0 saturated carbocycles. The van der Waals surface area contributed by atoms with E-state index in [0.717, 1.165) is 11.8 Å². The van der Waals surface area contributed by atoms with Crippen molar-refractivity contribution < 1.29 is 29.4 Å². The van der Waals surface area contributed by atoms with Crippen molar-refractivity contribution in [2.24, 2.45) is 5.92 Å². The van der Waals surface area contributed by atoms with E-state index < -0.39 is 35.8 Å². The number of hydrogen-bond donors (Lipinski definition) is 2. The molecule has 0 bridgehead atoms. The highest BCUT2D eigenvalue weighted by Crippen LogP contribution is 2.29. The Labute approximate surface area is 126 Å². The molecule has 118 valence electrons. The molecular weight excluding hydrogens is 298 g/mol. The Bertz CT molecular complexity index is 452. The van der Waals surface area contributed by atoms with Crippen LogP contribution >= 0.6 is 11.8 Å². The van der Waals surface area contributed by atoms with Gasteiger partial charge in [0.05, 0.1) is 6.42 Å². The summed E-state index contributed by atoms with van der Waals surface area (Å²) in [4.78, 5) is 46.6. The lowest BCUT2D eigenvalue weighted by Gasteiger charge is -2.30. The van der Waals surface area contributed by atoms with Crippen molar-refractivity contribution in [3.8, 4) is 0 Å². The first kappa shape index (κ1) is 17.5. The first-order chi connectivity index (χ1) is 9.73. The second-order valence-electron chi connectivity index (χ2n) is 5.13. The predicted octanol–water partition coefficient (Wildman–Crippen LogP) is 0.821. The Morgan fingerprint density at radius 3 is 2.33 bits per heavy atom. The molecule has 0 aliphatic carbocycles. The number of hydrogen-bond acceptors (Lipinski definition) is 5. The van der Waals surface area contributed by atoms with Crippen LogP contribution in [0.15, 0.2) is 0 Å². The van der Waals surface area contributed by atoms with Gasteiger partial charge in [0, 0.05) is 24.6 Å². The summed E-state index contributed by atoms with van der Waals surface area (Å²) >= 11 is 1.00. The van der Waals surface area contributed by atoms with E-state index in [0.29, 0.717) is 6.42 Å². The van der Waals surface area contributed by atoms with Crippen molar-refractivity contribution in [3.05, 3.63) is 0 Å². The van der Waals surface area contributed by atoms with Crippen molar-refractivity contribution in [2.75, 3.05) is 5.75 Å². The van der Waals surface area contributed by atoms with Gasteiger partial charge in [0.25, 0.3) is 0 Å². The second-order valence-corrected chi connectivity index (χ2v) is 6.33. The number of amides is 1. The van der Waals surface area contributed by atoms with Gasteiger partial charge in [-0.05, 0) is 12.8 Å². The zero-order valence-corrected chi connectivity index (χ0v) is 12.8. The number of likely N-dealkylation sites (tertiary alicyclic amines) is 1. The highest BCUT2D eigenvalue weighted by Gasteiger charge is 2.42. The normalized spacial score (nSPS) is 22.9. The molecule has 1 heterocycles. The Morgan fingerprint density at radius 1 is 1.24 bits per heavy atom. The average molecular weight is 317 g/mol. The van der Waals surface area contributed by atoms with Crippen LogP contribution in [0.4, 0.5) is 0 Å². The van der Waals surface area contributed by atoms with Gasteiger partial charge in [0.15, 0.2) is 5.12 Å². The number of thioether (sulfide) groups is 1. The SMILES string of the molecule is CC(=O)SC[C@@H](C)C(=O)N1[C@@H](CC(=O)O)CC[C@H]1C(=O)O. The van der Waals surface area contributed by atoms with Crippen molar-refractivity contribution in [1.29, 1.82) is 0 Å².